The van der Waals surface area contributed by atoms with Gasteiger partial charge in [-0.05, 0) is 86.3 Å². The number of aliphatic hydroxyl groups is 1. The van der Waals surface area contributed by atoms with Gasteiger partial charge in [-0.25, -0.2) is 0 Å². The normalized spacial score (nSPS) is 17.1. The number of hydrogen-bond acceptors (Lipinski definition) is 5. The summed E-state index contributed by atoms with van der Waals surface area (Å²) in [6.07, 6.45) is 0.00983. The van der Waals surface area contributed by atoms with Gasteiger partial charge in [0.2, 0.25) is 0 Å². The second-order valence-corrected chi connectivity index (χ2v) is 9.61. The van der Waals surface area contributed by atoms with Crippen LogP contribution < -0.4 is 14.4 Å². The van der Waals surface area contributed by atoms with Gasteiger partial charge in [-0.1, -0.05) is 38.1 Å². The lowest BCUT2D eigenvalue weighted by Gasteiger charge is -2.26. The zero-order valence-corrected chi connectivity index (χ0v) is 21.9. The maximum Gasteiger partial charge on any atom is 0.300 e. The maximum atomic E-state index is 13.4. The van der Waals surface area contributed by atoms with E-state index in [-0.39, 0.29) is 17.4 Å². The molecule has 4 rings (SSSR count). The molecule has 1 amide bonds. The van der Waals surface area contributed by atoms with Crippen LogP contribution in [0.4, 0.5) is 5.69 Å². The summed E-state index contributed by atoms with van der Waals surface area (Å²) in [5, 5.41) is 11.3. The smallest absolute Gasteiger partial charge is 0.300 e. The minimum Gasteiger partial charge on any atom is -0.507 e. The van der Waals surface area contributed by atoms with Crippen molar-refractivity contribution in [3.63, 3.8) is 0 Å². The number of carbonyl (C=O) groups excluding carboxylic acids is 2. The van der Waals surface area contributed by atoms with Gasteiger partial charge >= 0.3 is 0 Å². The Bertz CT molecular complexity index is 1290. The number of anilines is 1. The third kappa shape index (κ3) is 5.38. The first-order chi connectivity index (χ1) is 17.7. The summed E-state index contributed by atoms with van der Waals surface area (Å²) in [6.45, 7) is 10.5. The van der Waals surface area contributed by atoms with E-state index in [2.05, 4.69) is 13.8 Å². The molecule has 1 fully saturated rings. The van der Waals surface area contributed by atoms with E-state index < -0.39 is 17.7 Å². The Kier molecular flexibility index (Phi) is 7.67. The van der Waals surface area contributed by atoms with Crippen LogP contribution in [0.2, 0.25) is 0 Å². The molecular weight excluding hydrogens is 466 g/mol. The summed E-state index contributed by atoms with van der Waals surface area (Å²) < 4.78 is 11.3. The van der Waals surface area contributed by atoms with Gasteiger partial charge in [0.05, 0.1) is 24.3 Å². The number of Topliss-reactive ketones (excluding diaryl/α,β-unsaturated/α-hetero) is 1. The van der Waals surface area contributed by atoms with Crippen LogP contribution in [-0.4, -0.2) is 29.5 Å². The van der Waals surface area contributed by atoms with E-state index in [1.165, 1.54) is 4.90 Å². The van der Waals surface area contributed by atoms with Crippen molar-refractivity contribution in [2.75, 3.05) is 11.5 Å². The van der Waals surface area contributed by atoms with Crippen LogP contribution in [0.1, 0.15) is 63.3 Å². The topological polar surface area (TPSA) is 76.1 Å². The highest BCUT2D eigenvalue weighted by Gasteiger charge is 2.47. The van der Waals surface area contributed by atoms with Crippen LogP contribution in [0.3, 0.4) is 0 Å². The molecule has 192 valence electrons. The van der Waals surface area contributed by atoms with Crippen LogP contribution in [0.25, 0.3) is 5.76 Å². The first-order valence-electron chi connectivity index (χ1n) is 12.6. The van der Waals surface area contributed by atoms with Crippen molar-refractivity contribution < 1.29 is 24.2 Å². The molecule has 0 spiro atoms. The summed E-state index contributed by atoms with van der Waals surface area (Å²) in [6, 6.07) is 20.9. The number of carbonyl (C=O) groups is 2. The van der Waals surface area contributed by atoms with Gasteiger partial charge in [-0.15, -0.1) is 0 Å². The van der Waals surface area contributed by atoms with Gasteiger partial charge in [0.1, 0.15) is 17.3 Å². The van der Waals surface area contributed by atoms with E-state index >= 15 is 0 Å². The summed E-state index contributed by atoms with van der Waals surface area (Å²) in [5.41, 5.74) is 2.88. The van der Waals surface area contributed by atoms with E-state index in [0.717, 1.165) is 5.56 Å². The van der Waals surface area contributed by atoms with Gasteiger partial charge in [0.25, 0.3) is 11.7 Å². The molecule has 0 saturated carbocycles. The fraction of sp³-hybridized carbons (Fsp3) is 0.290. The molecule has 3 aromatic carbocycles. The van der Waals surface area contributed by atoms with E-state index in [4.69, 9.17) is 9.47 Å². The van der Waals surface area contributed by atoms with Crippen molar-refractivity contribution in [3.05, 3.63) is 95.1 Å². The average Bonchev–Trinajstić information content (AvgIpc) is 3.14. The zero-order chi connectivity index (χ0) is 26.7. The van der Waals surface area contributed by atoms with Gasteiger partial charge in [-0.2, -0.15) is 0 Å². The Morgan fingerprint density at radius 3 is 2.00 bits per heavy atom. The van der Waals surface area contributed by atoms with Crippen molar-refractivity contribution in [3.8, 4) is 11.5 Å². The fourth-order valence-corrected chi connectivity index (χ4v) is 4.47. The number of rotatable bonds is 8. The van der Waals surface area contributed by atoms with Gasteiger partial charge in [0, 0.05) is 11.3 Å². The molecule has 0 aliphatic carbocycles. The molecule has 0 bridgehead atoms. The molecule has 37 heavy (non-hydrogen) atoms. The van der Waals surface area contributed by atoms with Crippen molar-refractivity contribution in [2.45, 2.75) is 52.7 Å². The summed E-state index contributed by atoms with van der Waals surface area (Å²) in [4.78, 5) is 28.2. The number of benzene rings is 3. The number of ketones is 1. The first-order valence-corrected chi connectivity index (χ1v) is 12.6. The molecular formula is C31H33NO5. The minimum atomic E-state index is -0.801. The van der Waals surface area contributed by atoms with Crippen LogP contribution in [-0.2, 0) is 9.59 Å². The van der Waals surface area contributed by atoms with Crippen molar-refractivity contribution >= 4 is 23.1 Å². The molecule has 1 atom stereocenters. The number of ether oxygens (including phenoxy) is 2. The lowest BCUT2D eigenvalue weighted by atomic mass is 9.95. The van der Waals surface area contributed by atoms with Crippen LogP contribution in [0, 0.1) is 0 Å². The molecule has 1 aliphatic rings. The fourth-order valence-electron chi connectivity index (χ4n) is 4.47. The Balaban J connectivity index is 1.84. The number of nitrogens with zero attached hydrogens (tertiary/aromatic N) is 1. The third-order valence-electron chi connectivity index (χ3n) is 6.29. The number of aliphatic hydroxyl groups excluding tert-OH is 1. The maximum absolute atomic E-state index is 13.4. The number of hydrogen-bond donors (Lipinski definition) is 1. The van der Waals surface area contributed by atoms with Crippen LogP contribution in [0.5, 0.6) is 11.5 Å². The van der Waals surface area contributed by atoms with Crippen LogP contribution in [0.15, 0.2) is 78.4 Å². The standard InChI is InChI=1S/C31H33NO5/c1-6-36-25-15-11-23(12-16-25)29(33)27-28(22-9-17-26(18-10-22)37-20(4)5)32(31(35)30(27)34)24-13-7-21(8-14-24)19(2)3/h7-20,28,33H,6H2,1-5H3/b29-27+. The molecule has 0 aromatic heterocycles. The highest BCUT2D eigenvalue weighted by atomic mass is 16.5. The molecule has 1 unspecified atom stereocenters. The number of amides is 1. The van der Waals surface area contributed by atoms with E-state index in [9.17, 15) is 14.7 Å². The summed E-state index contributed by atoms with van der Waals surface area (Å²) >= 11 is 0. The van der Waals surface area contributed by atoms with Crippen molar-refractivity contribution in [1.29, 1.82) is 0 Å². The van der Waals surface area contributed by atoms with Crippen molar-refractivity contribution in [2.24, 2.45) is 0 Å². The Hall–Kier alpha value is -4.06. The van der Waals surface area contributed by atoms with Gasteiger partial charge in [0.15, 0.2) is 0 Å². The highest BCUT2D eigenvalue weighted by Crippen LogP contribution is 2.42. The molecule has 6 heteroatoms. The SMILES string of the molecule is CCOc1ccc(/C(O)=C2\C(=O)C(=O)N(c3ccc(C(C)C)cc3)C2c2ccc(OC(C)C)cc2)cc1. The lowest BCUT2D eigenvalue weighted by Crippen LogP contribution is -2.29. The van der Waals surface area contributed by atoms with E-state index in [0.29, 0.717) is 40.8 Å². The van der Waals surface area contributed by atoms with Gasteiger partial charge in [-0.3, -0.25) is 14.5 Å². The molecule has 6 nitrogen and oxygen atoms in total. The Labute approximate surface area is 218 Å². The Morgan fingerprint density at radius 1 is 0.865 bits per heavy atom. The summed E-state index contributed by atoms with van der Waals surface area (Å²) in [5.74, 6) is 0.0262. The predicted molar refractivity (Wildman–Crippen MR) is 145 cm³/mol. The van der Waals surface area contributed by atoms with Crippen LogP contribution >= 0.6 is 0 Å². The molecule has 1 aliphatic heterocycles. The van der Waals surface area contributed by atoms with E-state index in [1.807, 2.05) is 69.3 Å². The quantitative estimate of drug-likeness (QED) is 0.214. The monoisotopic (exact) mass is 499 g/mol. The lowest BCUT2D eigenvalue weighted by molar-refractivity contribution is -0.132. The molecule has 3 aromatic rings. The van der Waals surface area contributed by atoms with E-state index in [1.54, 1.807) is 24.3 Å². The third-order valence-corrected chi connectivity index (χ3v) is 6.29. The predicted octanol–water partition coefficient (Wildman–Crippen LogP) is 6.62. The van der Waals surface area contributed by atoms with Crippen molar-refractivity contribution in [1.82, 2.24) is 0 Å². The Morgan fingerprint density at radius 2 is 1.46 bits per heavy atom. The van der Waals surface area contributed by atoms with Gasteiger partial charge < -0.3 is 14.6 Å². The second kappa shape index (κ2) is 10.9. The molecule has 1 saturated heterocycles. The zero-order valence-electron chi connectivity index (χ0n) is 21.9. The largest absolute Gasteiger partial charge is 0.507 e. The average molecular weight is 500 g/mol. The first kappa shape index (κ1) is 26.0. The minimum absolute atomic E-state index is 0.00983. The second-order valence-electron chi connectivity index (χ2n) is 9.61. The molecule has 1 heterocycles. The molecule has 1 N–H and O–H groups in total. The molecule has 0 radical (unpaired) electrons. The highest BCUT2D eigenvalue weighted by molar-refractivity contribution is 6.51. The summed E-state index contributed by atoms with van der Waals surface area (Å²) in [7, 11) is 0.